The molecule has 0 fully saturated rings. The molecule has 0 aliphatic rings. The molecule has 0 aliphatic heterocycles. The van der Waals surface area contributed by atoms with E-state index in [1.54, 1.807) is 37.3 Å². The molecule has 2 rings (SSSR count). The van der Waals surface area contributed by atoms with Gasteiger partial charge in [-0.25, -0.2) is 4.39 Å². The van der Waals surface area contributed by atoms with Gasteiger partial charge in [0.1, 0.15) is 11.9 Å². The third-order valence-electron chi connectivity index (χ3n) is 4.79. The van der Waals surface area contributed by atoms with E-state index in [4.69, 9.17) is 23.2 Å². The van der Waals surface area contributed by atoms with Crippen LogP contribution in [-0.2, 0) is 22.6 Å². The van der Waals surface area contributed by atoms with Crippen LogP contribution in [0.2, 0.25) is 10.0 Å². The van der Waals surface area contributed by atoms with Gasteiger partial charge in [0.15, 0.2) is 0 Å². The lowest BCUT2D eigenvalue weighted by Gasteiger charge is -2.30. The smallest absolute Gasteiger partial charge is 0.242 e. The van der Waals surface area contributed by atoms with Crippen molar-refractivity contribution < 1.29 is 14.0 Å². The lowest BCUT2D eigenvalue weighted by Crippen LogP contribution is -2.49. The quantitative estimate of drug-likeness (QED) is 0.629. The monoisotopic (exact) mass is 438 g/mol. The molecule has 2 atom stereocenters. The van der Waals surface area contributed by atoms with Gasteiger partial charge in [0.2, 0.25) is 11.8 Å². The van der Waals surface area contributed by atoms with Crippen LogP contribution < -0.4 is 5.32 Å². The van der Waals surface area contributed by atoms with Crippen molar-refractivity contribution in [1.82, 2.24) is 10.2 Å². The van der Waals surface area contributed by atoms with Gasteiger partial charge in [-0.1, -0.05) is 48.3 Å². The summed E-state index contributed by atoms with van der Waals surface area (Å²) in [5, 5.41) is 3.78. The lowest BCUT2D eigenvalue weighted by molar-refractivity contribution is -0.140. The molecule has 2 aromatic rings. The van der Waals surface area contributed by atoms with E-state index in [2.05, 4.69) is 5.32 Å². The first kappa shape index (κ1) is 23.2. The largest absolute Gasteiger partial charge is 0.352 e. The number of halogens is 3. The van der Waals surface area contributed by atoms with Gasteiger partial charge in [0.05, 0.1) is 6.42 Å². The molecule has 7 heteroatoms. The van der Waals surface area contributed by atoms with Crippen LogP contribution in [0.4, 0.5) is 4.39 Å². The van der Waals surface area contributed by atoms with Crippen LogP contribution in [0.5, 0.6) is 0 Å². The first-order chi connectivity index (χ1) is 13.7. The Kier molecular flexibility index (Phi) is 8.47. The fraction of sp³-hybridized carbons (Fsp3) is 0.364. The number of amides is 2. The highest BCUT2D eigenvalue weighted by Gasteiger charge is 2.27. The second-order valence-electron chi connectivity index (χ2n) is 7.05. The maximum atomic E-state index is 13.2. The molecule has 4 nitrogen and oxygen atoms in total. The summed E-state index contributed by atoms with van der Waals surface area (Å²) in [5.41, 5.74) is 1.35. The molecule has 0 radical (unpaired) electrons. The molecular formula is C22H25Cl2FN2O2. The minimum absolute atomic E-state index is 0.00145. The van der Waals surface area contributed by atoms with Crippen molar-refractivity contribution in [3.05, 3.63) is 69.5 Å². The summed E-state index contributed by atoms with van der Waals surface area (Å²) in [6.45, 7) is 5.74. The Morgan fingerprint density at radius 1 is 1.10 bits per heavy atom. The van der Waals surface area contributed by atoms with Crippen molar-refractivity contribution in [3.8, 4) is 0 Å². The Balaban J connectivity index is 2.25. The number of nitrogens with one attached hydrogen (secondary N) is 1. The summed E-state index contributed by atoms with van der Waals surface area (Å²) in [5.74, 6) is -0.857. The van der Waals surface area contributed by atoms with Crippen LogP contribution in [0.25, 0.3) is 0 Å². The van der Waals surface area contributed by atoms with Crippen molar-refractivity contribution in [3.63, 3.8) is 0 Å². The number of rotatable bonds is 8. The van der Waals surface area contributed by atoms with E-state index in [9.17, 15) is 14.0 Å². The van der Waals surface area contributed by atoms with Gasteiger partial charge in [-0.15, -0.1) is 0 Å². The Labute approximate surface area is 181 Å². The van der Waals surface area contributed by atoms with Crippen molar-refractivity contribution in [2.24, 2.45) is 0 Å². The highest BCUT2D eigenvalue weighted by molar-refractivity contribution is 6.35. The Morgan fingerprint density at radius 3 is 2.34 bits per heavy atom. The van der Waals surface area contributed by atoms with Gasteiger partial charge in [-0.2, -0.15) is 0 Å². The fourth-order valence-electron chi connectivity index (χ4n) is 2.76. The summed E-state index contributed by atoms with van der Waals surface area (Å²) < 4.78 is 13.2. The van der Waals surface area contributed by atoms with Crippen molar-refractivity contribution in [2.75, 3.05) is 0 Å². The topological polar surface area (TPSA) is 49.4 Å². The van der Waals surface area contributed by atoms with Gasteiger partial charge in [0, 0.05) is 22.6 Å². The number of hydrogen-bond acceptors (Lipinski definition) is 2. The predicted molar refractivity (Wildman–Crippen MR) is 114 cm³/mol. The Hall–Kier alpha value is -2.11. The number of hydrogen-bond donors (Lipinski definition) is 1. The van der Waals surface area contributed by atoms with E-state index in [0.29, 0.717) is 15.6 Å². The maximum absolute atomic E-state index is 13.2. The minimum atomic E-state index is -0.701. The lowest BCUT2D eigenvalue weighted by atomic mass is 10.1. The highest BCUT2D eigenvalue weighted by atomic mass is 35.5. The third kappa shape index (κ3) is 6.72. The molecule has 0 aliphatic carbocycles. The zero-order valence-electron chi connectivity index (χ0n) is 16.7. The molecule has 0 spiro atoms. The summed E-state index contributed by atoms with van der Waals surface area (Å²) in [7, 11) is 0. The number of benzene rings is 2. The summed E-state index contributed by atoms with van der Waals surface area (Å²) >= 11 is 12.1. The zero-order valence-corrected chi connectivity index (χ0v) is 18.2. The predicted octanol–water partition coefficient (Wildman–Crippen LogP) is 5.01. The molecule has 0 unspecified atom stereocenters. The zero-order chi connectivity index (χ0) is 21.6. The van der Waals surface area contributed by atoms with E-state index in [0.717, 1.165) is 12.0 Å². The van der Waals surface area contributed by atoms with Crippen LogP contribution >= 0.6 is 23.2 Å². The van der Waals surface area contributed by atoms with Gasteiger partial charge < -0.3 is 10.2 Å². The fourth-order valence-corrected chi connectivity index (χ4v) is 3.24. The molecule has 1 N–H and O–H groups in total. The molecular weight excluding hydrogens is 414 g/mol. The maximum Gasteiger partial charge on any atom is 0.242 e. The second kappa shape index (κ2) is 10.6. The molecule has 0 saturated heterocycles. The van der Waals surface area contributed by atoms with Crippen LogP contribution in [0.15, 0.2) is 42.5 Å². The molecule has 2 amide bonds. The average Bonchev–Trinajstić information content (AvgIpc) is 2.68. The van der Waals surface area contributed by atoms with Gasteiger partial charge >= 0.3 is 0 Å². The Morgan fingerprint density at radius 2 is 1.76 bits per heavy atom. The number of carbonyl (C=O) groups is 2. The van der Waals surface area contributed by atoms with Crippen LogP contribution in [0.3, 0.4) is 0 Å². The van der Waals surface area contributed by atoms with Crippen molar-refractivity contribution in [2.45, 2.75) is 52.2 Å². The van der Waals surface area contributed by atoms with E-state index in [-0.39, 0.29) is 36.6 Å². The summed E-state index contributed by atoms with van der Waals surface area (Å²) in [6.07, 6.45) is 0.808. The standard InChI is InChI=1S/C22H25Cl2FN2O2/c1-4-14(2)26-22(29)15(3)27(13-16-5-9-19(25)10-6-16)21(28)11-17-7-8-18(23)12-20(17)24/h5-10,12,14-15H,4,11,13H2,1-3H3,(H,26,29)/t14-,15-/m1/s1. The molecule has 0 heterocycles. The van der Waals surface area contributed by atoms with E-state index >= 15 is 0 Å². The minimum Gasteiger partial charge on any atom is -0.352 e. The average molecular weight is 439 g/mol. The van der Waals surface area contributed by atoms with E-state index < -0.39 is 6.04 Å². The van der Waals surface area contributed by atoms with Gasteiger partial charge in [-0.05, 0) is 55.7 Å². The molecule has 0 aromatic heterocycles. The molecule has 156 valence electrons. The normalized spacial score (nSPS) is 12.9. The highest BCUT2D eigenvalue weighted by Crippen LogP contribution is 2.22. The van der Waals surface area contributed by atoms with Gasteiger partial charge in [-0.3, -0.25) is 9.59 Å². The second-order valence-corrected chi connectivity index (χ2v) is 7.90. The van der Waals surface area contributed by atoms with E-state index in [1.165, 1.54) is 17.0 Å². The van der Waals surface area contributed by atoms with Gasteiger partial charge in [0.25, 0.3) is 0 Å². The Bertz CT molecular complexity index is 858. The van der Waals surface area contributed by atoms with E-state index in [1.807, 2.05) is 13.8 Å². The molecule has 0 bridgehead atoms. The molecule has 2 aromatic carbocycles. The molecule has 29 heavy (non-hydrogen) atoms. The number of nitrogens with zero attached hydrogens (tertiary/aromatic N) is 1. The summed E-state index contributed by atoms with van der Waals surface area (Å²) in [4.78, 5) is 27.2. The van der Waals surface area contributed by atoms with Crippen LogP contribution in [-0.4, -0.2) is 28.8 Å². The van der Waals surface area contributed by atoms with Crippen molar-refractivity contribution >= 4 is 35.0 Å². The molecule has 0 saturated carbocycles. The van der Waals surface area contributed by atoms with Crippen LogP contribution in [0.1, 0.15) is 38.3 Å². The van der Waals surface area contributed by atoms with Crippen LogP contribution in [0, 0.1) is 5.82 Å². The number of carbonyl (C=O) groups excluding carboxylic acids is 2. The summed E-state index contributed by atoms with van der Waals surface area (Å²) in [6, 6.07) is 10.1. The first-order valence-electron chi connectivity index (χ1n) is 9.49. The third-order valence-corrected chi connectivity index (χ3v) is 5.38. The van der Waals surface area contributed by atoms with Crippen molar-refractivity contribution in [1.29, 1.82) is 0 Å². The SMILES string of the molecule is CC[C@@H](C)NC(=O)[C@@H](C)N(Cc1ccc(F)cc1)C(=O)Cc1ccc(Cl)cc1Cl. The first-order valence-corrected chi connectivity index (χ1v) is 10.2.